The lowest BCUT2D eigenvalue weighted by molar-refractivity contribution is 0.419. The fourth-order valence-electron chi connectivity index (χ4n) is 1.96. The van der Waals surface area contributed by atoms with Crippen LogP contribution in [0.25, 0.3) is 22.6 Å². The smallest absolute Gasteiger partial charge is 0.229 e. The first kappa shape index (κ1) is 13.1. The van der Waals surface area contributed by atoms with Crippen LogP contribution in [0, 0.1) is 0 Å². The van der Waals surface area contributed by atoms with Crippen LogP contribution in [0.3, 0.4) is 0 Å². The van der Waals surface area contributed by atoms with Gasteiger partial charge in [-0.3, -0.25) is 0 Å². The SMILES string of the molecule is COc1cccc2oc(-c3cc(Cl)cc(Cl)c3N)nc12. The van der Waals surface area contributed by atoms with Crippen molar-refractivity contribution in [3.8, 4) is 17.2 Å². The van der Waals surface area contributed by atoms with Crippen LogP contribution in [0.2, 0.25) is 10.0 Å². The topological polar surface area (TPSA) is 61.3 Å². The van der Waals surface area contributed by atoms with Gasteiger partial charge in [0.15, 0.2) is 11.1 Å². The molecule has 0 aliphatic rings. The molecule has 0 atom stereocenters. The third-order valence-corrected chi connectivity index (χ3v) is 3.46. The van der Waals surface area contributed by atoms with Crippen molar-refractivity contribution in [3.05, 3.63) is 40.4 Å². The molecule has 2 N–H and O–H groups in total. The number of anilines is 1. The van der Waals surface area contributed by atoms with Crippen LogP contribution in [-0.4, -0.2) is 12.1 Å². The Balaban J connectivity index is 2.25. The summed E-state index contributed by atoms with van der Waals surface area (Å²) in [6.07, 6.45) is 0. The molecule has 0 aliphatic heterocycles. The Hall–Kier alpha value is -1.91. The van der Waals surface area contributed by atoms with Gasteiger partial charge in [-0.05, 0) is 24.3 Å². The average molecular weight is 309 g/mol. The van der Waals surface area contributed by atoms with Crippen LogP contribution in [0.4, 0.5) is 5.69 Å². The van der Waals surface area contributed by atoms with E-state index in [1.165, 1.54) is 0 Å². The van der Waals surface area contributed by atoms with Crippen molar-refractivity contribution in [1.82, 2.24) is 4.98 Å². The van der Waals surface area contributed by atoms with E-state index in [0.29, 0.717) is 44.0 Å². The minimum Gasteiger partial charge on any atom is -0.494 e. The molecule has 0 saturated carbocycles. The zero-order chi connectivity index (χ0) is 14.3. The van der Waals surface area contributed by atoms with Gasteiger partial charge in [0.2, 0.25) is 5.89 Å². The number of para-hydroxylation sites is 1. The number of halogens is 2. The maximum Gasteiger partial charge on any atom is 0.229 e. The number of ether oxygens (including phenoxy) is 1. The number of methoxy groups -OCH3 is 1. The zero-order valence-electron chi connectivity index (χ0n) is 10.5. The second-order valence-electron chi connectivity index (χ2n) is 4.17. The van der Waals surface area contributed by atoms with Crippen molar-refractivity contribution in [2.75, 3.05) is 12.8 Å². The molecule has 6 heteroatoms. The first-order chi connectivity index (χ1) is 9.60. The Morgan fingerprint density at radius 1 is 1.25 bits per heavy atom. The predicted octanol–water partition coefficient (Wildman–Crippen LogP) is 4.39. The van der Waals surface area contributed by atoms with E-state index in [9.17, 15) is 0 Å². The number of fused-ring (bicyclic) bond motifs is 1. The van der Waals surface area contributed by atoms with E-state index >= 15 is 0 Å². The van der Waals surface area contributed by atoms with Crippen LogP contribution < -0.4 is 10.5 Å². The van der Waals surface area contributed by atoms with E-state index in [0.717, 1.165) is 0 Å². The summed E-state index contributed by atoms with van der Waals surface area (Å²) in [5, 5.41) is 0.829. The Kier molecular flexibility index (Phi) is 3.20. The summed E-state index contributed by atoms with van der Waals surface area (Å²) in [4.78, 5) is 4.41. The van der Waals surface area contributed by atoms with E-state index in [1.54, 1.807) is 25.3 Å². The molecular formula is C14H10Cl2N2O2. The van der Waals surface area contributed by atoms with E-state index in [1.807, 2.05) is 12.1 Å². The van der Waals surface area contributed by atoms with Gasteiger partial charge in [0.1, 0.15) is 5.75 Å². The van der Waals surface area contributed by atoms with Crippen molar-refractivity contribution in [2.24, 2.45) is 0 Å². The van der Waals surface area contributed by atoms with Crippen molar-refractivity contribution in [3.63, 3.8) is 0 Å². The highest BCUT2D eigenvalue weighted by atomic mass is 35.5. The average Bonchev–Trinajstić information content (AvgIpc) is 2.86. The molecule has 4 nitrogen and oxygen atoms in total. The molecule has 0 bridgehead atoms. The van der Waals surface area contributed by atoms with Gasteiger partial charge in [-0.15, -0.1) is 0 Å². The minimum atomic E-state index is 0.353. The molecule has 3 rings (SSSR count). The lowest BCUT2D eigenvalue weighted by atomic mass is 10.2. The van der Waals surface area contributed by atoms with E-state index in [4.69, 9.17) is 38.1 Å². The van der Waals surface area contributed by atoms with Gasteiger partial charge < -0.3 is 14.9 Å². The molecule has 1 aromatic heterocycles. The maximum absolute atomic E-state index is 6.02. The summed E-state index contributed by atoms with van der Waals surface area (Å²) in [6, 6.07) is 8.68. The van der Waals surface area contributed by atoms with Gasteiger partial charge in [-0.2, -0.15) is 0 Å². The molecule has 0 fully saturated rings. The third kappa shape index (κ3) is 2.07. The summed E-state index contributed by atoms with van der Waals surface area (Å²) in [7, 11) is 1.58. The summed E-state index contributed by atoms with van der Waals surface area (Å²) < 4.78 is 10.9. The number of hydrogen-bond donors (Lipinski definition) is 1. The van der Waals surface area contributed by atoms with Crippen LogP contribution in [-0.2, 0) is 0 Å². The van der Waals surface area contributed by atoms with E-state index in [2.05, 4.69) is 4.98 Å². The second-order valence-corrected chi connectivity index (χ2v) is 5.02. The Labute approximate surface area is 125 Å². The van der Waals surface area contributed by atoms with Crippen LogP contribution in [0.5, 0.6) is 5.75 Å². The molecule has 0 aliphatic carbocycles. The largest absolute Gasteiger partial charge is 0.494 e. The number of benzene rings is 2. The Bertz CT molecular complexity index is 799. The number of nitrogens with zero attached hydrogens (tertiary/aromatic N) is 1. The lowest BCUT2D eigenvalue weighted by Gasteiger charge is -2.04. The first-order valence-electron chi connectivity index (χ1n) is 5.78. The van der Waals surface area contributed by atoms with Gasteiger partial charge in [-0.1, -0.05) is 29.3 Å². The summed E-state index contributed by atoms with van der Waals surface area (Å²) in [6.45, 7) is 0. The lowest BCUT2D eigenvalue weighted by Crippen LogP contribution is -1.91. The summed E-state index contributed by atoms with van der Waals surface area (Å²) in [5.41, 5.74) is 8.12. The second kappa shape index (κ2) is 4.89. The monoisotopic (exact) mass is 308 g/mol. The van der Waals surface area contributed by atoms with Gasteiger partial charge in [0, 0.05) is 5.02 Å². The third-order valence-electron chi connectivity index (χ3n) is 2.93. The number of oxazole rings is 1. The summed E-state index contributed by atoms with van der Waals surface area (Å²) >= 11 is 12.0. The standard InChI is InChI=1S/C14H10Cl2N2O2/c1-19-10-3-2-4-11-13(10)18-14(20-11)8-5-7(15)6-9(16)12(8)17/h2-6H,17H2,1H3. The highest BCUT2D eigenvalue weighted by Crippen LogP contribution is 2.37. The van der Waals surface area contributed by atoms with Crippen LogP contribution in [0.15, 0.2) is 34.7 Å². The van der Waals surface area contributed by atoms with Gasteiger partial charge in [0.25, 0.3) is 0 Å². The van der Waals surface area contributed by atoms with Crippen LogP contribution >= 0.6 is 23.2 Å². The fraction of sp³-hybridized carbons (Fsp3) is 0.0714. The van der Waals surface area contributed by atoms with Gasteiger partial charge in [0.05, 0.1) is 23.4 Å². The van der Waals surface area contributed by atoms with Crippen molar-refractivity contribution in [1.29, 1.82) is 0 Å². The number of rotatable bonds is 2. The molecule has 0 saturated heterocycles. The molecule has 0 radical (unpaired) electrons. The van der Waals surface area contributed by atoms with Crippen molar-refractivity contribution in [2.45, 2.75) is 0 Å². The quantitative estimate of drug-likeness (QED) is 0.713. The van der Waals surface area contributed by atoms with Gasteiger partial charge in [-0.25, -0.2) is 4.98 Å². The molecule has 0 unspecified atom stereocenters. The highest BCUT2D eigenvalue weighted by molar-refractivity contribution is 6.37. The van der Waals surface area contributed by atoms with E-state index < -0.39 is 0 Å². The normalized spacial score (nSPS) is 10.9. The predicted molar refractivity (Wildman–Crippen MR) is 80.4 cm³/mol. The number of nitrogens with two attached hydrogens (primary N) is 1. The summed E-state index contributed by atoms with van der Waals surface area (Å²) in [5.74, 6) is 0.982. The highest BCUT2D eigenvalue weighted by Gasteiger charge is 2.16. The molecule has 20 heavy (non-hydrogen) atoms. The zero-order valence-corrected chi connectivity index (χ0v) is 12.0. The molecule has 0 spiro atoms. The molecule has 102 valence electrons. The maximum atomic E-state index is 6.02. The van der Waals surface area contributed by atoms with Crippen molar-refractivity contribution < 1.29 is 9.15 Å². The number of nitrogen functional groups attached to an aromatic ring is 1. The number of aromatic nitrogens is 1. The molecule has 3 aromatic rings. The number of hydrogen-bond acceptors (Lipinski definition) is 4. The molecule has 2 aromatic carbocycles. The van der Waals surface area contributed by atoms with Gasteiger partial charge >= 0.3 is 0 Å². The minimum absolute atomic E-state index is 0.353. The molecule has 0 amide bonds. The van der Waals surface area contributed by atoms with Crippen molar-refractivity contribution >= 4 is 40.0 Å². The Morgan fingerprint density at radius 3 is 2.80 bits per heavy atom. The van der Waals surface area contributed by atoms with Crippen LogP contribution in [0.1, 0.15) is 0 Å². The molecular weight excluding hydrogens is 299 g/mol. The Morgan fingerprint density at radius 2 is 2.05 bits per heavy atom. The molecule has 1 heterocycles. The fourth-order valence-corrected chi connectivity index (χ4v) is 2.46. The first-order valence-corrected chi connectivity index (χ1v) is 6.54. The van der Waals surface area contributed by atoms with E-state index in [-0.39, 0.29) is 0 Å².